The van der Waals surface area contributed by atoms with Gasteiger partial charge in [0.05, 0.1) is 0 Å². The average Bonchev–Trinajstić information content (AvgIpc) is 2.86. The van der Waals surface area contributed by atoms with Crippen LogP contribution in [0.15, 0.2) is 0 Å². The summed E-state index contributed by atoms with van der Waals surface area (Å²) < 4.78 is 0. The molecule has 0 aromatic rings. The molecule has 1 N–H and O–H groups in total. The SMILES string of the molecule is CCC1NC(=O)C(CC(C)C)N(C2CCCC2)C1=O. The van der Waals surface area contributed by atoms with Crippen molar-refractivity contribution in [1.29, 1.82) is 0 Å². The molecule has 2 fully saturated rings. The standard InChI is InChI=1S/C15H26N2O2/c1-4-12-15(19)17(11-7-5-6-8-11)13(9-10(2)3)14(18)16-12/h10-13H,4-9H2,1-3H3,(H,16,18). The van der Waals surface area contributed by atoms with Gasteiger partial charge in [-0.15, -0.1) is 0 Å². The molecule has 2 atom stereocenters. The fourth-order valence-corrected chi connectivity index (χ4v) is 3.35. The summed E-state index contributed by atoms with van der Waals surface area (Å²) in [5, 5.41) is 2.89. The number of carbonyl (C=O) groups is 2. The molecule has 1 saturated carbocycles. The van der Waals surface area contributed by atoms with Crippen LogP contribution in [0.3, 0.4) is 0 Å². The van der Waals surface area contributed by atoms with Crippen LogP contribution in [0.4, 0.5) is 0 Å². The van der Waals surface area contributed by atoms with E-state index in [-0.39, 0.29) is 29.9 Å². The van der Waals surface area contributed by atoms with Gasteiger partial charge in [0.2, 0.25) is 11.8 Å². The quantitative estimate of drug-likeness (QED) is 0.847. The average molecular weight is 266 g/mol. The maximum atomic E-state index is 12.6. The van der Waals surface area contributed by atoms with Crippen molar-refractivity contribution in [2.45, 2.75) is 77.4 Å². The summed E-state index contributed by atoms with van der Waals surface area (Å²) >= 11 is 0. The number of piperazine rings is 1. The minimum Gasteiger partial charge on any atom is -0.343 e. The molecular weight excluding hydrogens is 240 g/mol. The van der Waals surface area contributed by atoms with Crippen molar-refractivity contribution in [1.82, 2.24) is 10.2 Å². The lowest BCUT2D eigenvalue weighted by Crippen LogP contribution is -2.65. The first kappa shape index (κ1) is 14.4. The van der Waals surface area contributed by atoms with Crippen LogP contribution in [0.2, 0.25) is 0 Å². The molecule has 2 amide bonds. The van der Waals surface area contributed by atoms with Crippen LogP contribution in [-0.4, -0.2) is 34.8 Å². The van der Waals surface area contributed by atoms with Gasteiger partial charge in [-0.2, -0.15) is 0 Å². The fraction of sp³-hybridized carbons (Fsp3) is 0.867. The molecule has 0 radical (unpaired) electrons. The second kappa shape index (κ2) is 5.93. The summed E-state index contributed by atoms with van der Waals surface area (Å²) in [6.07, 6.45) is 5.93. The molecule has 2 unspecified atom stereocenters. The highest BCUT2D eigenvalue weighted by Gasteiger charge is 2.43. The summed E-state index contributed by atoms with van der Waals surface area (Å²) in [7, 11) is 0. The summed E-state index contributed by atoms with van der Waals surface area (Å²) in [5.74, 6) is 0.609. The van der Waals surface area contributed by atoms with E-state index >= 15 is 0 Å². The molecule has 1 aliphatic heterocycles. The Labute approximate surface area is 115 Å². The molecule has 0 spiro atoms. The Hall–Kier alpha value is -1.06. The Morgan fingerprint density at radius 2 is 1.89 bits per heavy atom. The molecule has 108 valence electrons. The van der Waals surface area contributed by atoms with Gasteiger partial charge in [0.1, 0.15) is 12.1 Å². The number of nitrogens with one attached hydrogen (secondary N) is 1. The maximum absolute atomic E-state index is 12.6. The highest BCUT2D eigenvalue weighted by Crippen LogP contribution is 2.30. The third-order valence-electron chi connectivity index (χ3n) is 4.33. The van der Waals surface area contributed by atoms with Gasteiger partial charge in [0, 0.05) is 6.04 Å². The monoisotopic (exact) mass is 266 g/mol. The molecule has 0 aromatic heterocycles. The van der Waals surface area contributed by atoms with Gasteiger partial charge in [0.25, 0.3) is 0 Å². The lowest BCUT2D eigenvalue weighted by molar-refractivity contribution is -0.152. The van der Waals surface area contributed by atoms with E-state index in [1.807, 2.05) is 11.8 Å². The van der Waals surface area contributed by atoms with Crippen LogP contribution in [0.25, 0.3) is 0 Å². The van der Waals surface area contributed by atoms with Crippen molar-refractivity contribution in [2.24, 2.45) is 5.92 Å². The van der Waals surface area contributed by atoms with Gasteiger partial charge in [-0.05, 0) is 31.6 Å². The maximum Gasteiger partial charge on any atom is 0.246 e. The van der Waals surface area contributed by atoms with Crippen LogP contribution in [0.5, 0.6) is 0 Å². The van der Waals surface area contributed by atoms with E-state index in [2.05, 4.69) is 19.2 Å². The Balaban J connectivity index is 2.22. The van der Waals surface area contributed by atoms with Crippen LogP contribution < -0.4 is 5.32 Å². The zero-order valence-corrected chi connectivity index (χ0v) is 12.3. The van der Waals surface area contributed by atoms with E-state index in [9.17, 15) is 9.59 Å². The normalized spacial score (nSPS) is 29.2. The molecule has 1 aliphatic carbocycles. The van der Waals surface area contributed by atoms with Gasteiger partial charge in [0.15, 0.2) is 0 Å². The smallest absolute Gasteiger partial charge is 0.246 e. The minimum absolute atomic E-state index is 0.0482. The van der Waals surface area contributed by atoms with Gasteiger partial charge >= 0.3 is 0 Å². The van der Waals surface area contributed by atoms with Crippen molar-refractivity contribution in [3.63, 3.8) is 0 Å². The van der Waals surface area contributed by atoms with E-state index in [0.717, 1.165) is 19.3 Å². The van der Waals surface area contributed by atoms with Crippen LogP contribution in [0.1, 0.15) is 59.3 Å². The third kappa shape index (κ3) is 2.93. The second-order valence-electron chi connectivity index (χ2n) is 6.30. The first-order valence-electron chi connectivity index (χ1n) is 7.67. The second-order valence-corrected chi connectivity index (χ2v) is 6.30. The molecule has 4 heteroatoms. The summed E-state index contributed by atoms with van der Waals surface area (Å²) in [4.78, 5) is 26.8. The highest BCUT2D eigenvalue weighted by atomic mass is 16.2. The number of carbonyl (C=O) groups excluding carboxylic acids is 2. The molecule has 4 nitrogen and oxygen atoms in total. The van der Waals surface area contributed by atoms with Gasteiger partial charge in [-0.25, -0.2) is 0 Å². The first-order chi connectivity index (χ1) is 9.04. The Kier molecular flexibility index (Phi) is 4.48. The largest absolute Gasteiger partial charge is 0.343 e. The van der Waals surface area contributed by atoms with Crippen molar-refractivity contribution in [2.75, 3.05) is 0 Å². The van der Waals surface area contributed by atoms with E-state index in [4.69, 9.17) is 0 Å². The van der Waals surface area contributed by atoms with Crippen molar-refractivity contribution < 1.29 is 9.59 Å². The van der Waals surface area contributed by atoms with E-state index in [1.165, 1.54) is 12.8 Å². The van der Waals surface area contributed by atoms with Crippen LogP contribution >= 0.6 is 0 Å². The Morgan fingerprint density at radius 3 is 2.42 bits per heavy atom. The highest BCUT2D eigenvalue weighted by molar-refractivity contribution is 5.97. The Bertz CT molecular complexity index is 348. The molecular formula is C15H26N2O2. The van der Waals surface area contributed by atoms with Crippen LogP contribution in [-0.2, 0) is 9.59 Å². The molecule has 1 saturated heterocycles. The number of hydrogen-bond acceptors (Lipinski definition) is 2. The summed E-state index contributed by atoms with van der Waals surface area (Å²) in [5.41, 5.74) is 0. The molecule has 2 rings (SSSR count). The topological polar surface area (TPSA) is 49.4 Å². The molecule has 1 heterocycles. The number of nitrogens with zero attached hydrogens (tertiary/aromatic N) is 1. The molecule has 19 heavy (non-hydrogen) atoms. The lowest BCUT2D eigenvalue weighted by atomic mass is 9.95. The summed E-state index contributed by atoms with van der Waals surface area (Å²) in [6, 6.07) is -0.272. The van der Waals surface area contributed by atoms with Gasteiger partial charge in [-0.3, -0.25) is 9.59 Å². The molecule has 0 aromatic carbocycles. The van der Waals surface area contributed by atoms with Gasteiger partial charge in [-0.1, -0.05) is 33.6 Å². The fourth-order valence-electron chi connectivity index (χ4n) is 3.35. The zero-order valence-electron chi connectivity index (χ0n) is 12.3. The predicted molar refractivity (Wildman–Crippen MR) is 74.6 cm³/mol. The van der Waals surface area contributed by atoms with Crippen LogP contribution in [0, 0.1) is 5.92 Å². The minimum atomic E-state index is -0.309. The Morgan fingerprint density at radius 1 is 1.26 bits per heavy atom. The summed E-state index contributed by atoms with van der Waals surface area (Å²) in [6.45, 7) is 6.17. The molecule has 2 aliphatic rings. The number of rotatable bonds is 4. The van der Waals surface area contributed by atoms with Gasteiger partial charge < -0.3 is 10.2 Å². The predicted octanol–water partition coefficient (Wildman–Crippen LogP) is 2.08. The number of hydrogen-bond donors (Lipinski definition) is 1. The van der Waals surface area contributed by atoms with Crippen molar-refractivity contribution >= 4 is 11.8 Å². The van der Waals surface area contributed by atoms with E-state index in [0.29, 0.717) is 12.3 Å². The van der Waals surface area contributed by atoms with Crippen molar-refractivity contribution in [3.8, 4) is 0 Å². The number of amides is 2. The third-order valence-corrected chi connectivity index (χ3v) is 4.33. The first-order valence-corrected chi connectivity index (χ1v) is 7.67. The van der Waals surface area contributed by atoms with E-state index in [1.54, 1.807) is 0 Å². The van der Waals surface area contributed by atoms with E-state index < -0.39 is 0 Å². The lowest BCUT2D eigenvalue weighted by Gasteiger charge is -2.43. The molecule has 0 bridgehead atoms. The zero-order chi connectivity index (χ0) is 14.0. The van der Waals surface area contributed by atoms with Crippen molar-refractivity contribution in [3.05, 3.63) is 0 Å².